The van der Waals surface area contributed by atoms with Gasteiger partial charge in [-0.2, -0.15) is 5.10 Å². The van der Waals surface area contributed by atoms with Gasteiger partial charge in [-0.05, 0) is 63.3 Å². The molecule has 3 rings (SSSR count). The molecule has 0 aromatic carbocycles. The topological polar surface area (TPSA) is 61.9 Å². The zero-order valence-corrected chi connectivity index (χ0v) is 17.1. The highest BCUT2D eigenvalue weighted by atomic mass is 127. The van der Waals surface area contributed by atoms with Gasteiger partial charge in [0, 0.05) is 44.7 Å². The molecule has 0 radical (unpaired) electrons. The largest absolute Gasteiger partial charge is 0.443 e. The van der Waals surface area contributed by atoms with Crippen molar-refractivity contribution in [1.82, 2.24) is 19.3 Å². The summed E-state index contributed by atoms with van der Waals surface area (Å²) in [7, 11) is 0. The highest BCUT2D eigenvalue weighted by molar-refractivity contribution is 14.1. The lowest BCUT2D eigenvalue weighted by molar-refractivity contribution is 0.0543. The number of rotatable bonds is 2. The summed E-state index contributed by atoms with van der Waals surface area (Å²) in [4.78, 5) is 16.9. The SMILES string of the molecule is CC(C)n1cc(-c2cnc3c(c2)c(I)cn3C(=O)OC(C)(C)C)cn1. The average molecular weight is 452 g/mol. The average Bonchev–Trinajstić information content (AvgIpc) is 3.11. The van der Waals surface area contributed by atoms with E-state index in [0.717, 1.165) is 20.1 Å². The quantitative estimate of drug-likeness (QED) is 0.521. The van der Waals surface area contributed by atoms with Crippen molar-refractivity contribution in [2.75, 3.05) is 0 Å². The molecule has 0 unspecified atom stereocenters. The van der Waals surface area contributed by atoms with Gasteiger partial charge in [-0.25, -0.2) is 14.3 Å². The molecule has 0 amide bonds. The van der Waals surface area contributed by atoms with E-state index in [1.165, 1.54) is 4.57 Å². The van der Waals surface area contributed by atoms with E-state index in [0.29, 0.717) is 11.7 Å². The van der Waals surface area contributed by atoms with Crippen molar-refractivity contribution in [3.8, 4) is 11.1 Å². The van der Waals surface area contributed by atoms with Crippen molar-refractivity contribution < 1.29 is 9.53 Å². The first kappa shape index (κ1) is 17.9. The summed E-state index contributed by atoms with van der Waals surface area (Å²) in [5, 5.41) is 5.29. The van der Waals surface area contributed by atoms with Crippen LogP contribution in [0.1, 0.15) is 40.7 Å². The summed E-state index contributed by atoms with van der Waals surface area (Å²) in [5.74, 6) is 0. The molecule has 0 saturated carbocycles. The molecule has 0 aliphatic rings. The number of fused-ring (bicyclic) bond motifs is 1. The van der Waals surface area contributed by atoms with Gasteiger partial charge in [0.05, 0.1) is 6.20 Å². The molecule has 3 aromatic heterocycles. The van der Waals surface area contributed by atoms with Crippen LogP contribution in [-0.2, 0) is 4.74 Å². The van der Waals surface area contributed by atoms with E-state index in [2.05, 4.69) is 46.5 Å². The Hall–Kier alpha value is -1.90. The van der Waals surface area contributed by atoms with Gasteiger partial charge >= 0.3 is 6.09 Å². The molecule has 7 heteroatoms. The maximum absolute atomic E-state index is 12.4. The first-order chi connectivity index (χ1) is 11.7. The number of pyridine rings is 1. The predicted molar refractivity (Wildman–Crippen MR) is 106 cm³/mol. The second kappa shape index (κ2) is 6.44. The van der Waals surface area contributed by atoms with E-state index in [-0.39, 0.29) is 0 Å². The summed E-state index contributed by atoms with van der Waals surface area (Å²) < 4.78 is 9.78. The Kier molecular flexibility index (Phi) is 4.61. The van der Waals surface area contributed by atoms with Crippen LogP contribution < -0.4 is 0 Å². The Bertz CT molecular complexity index is 934. The molecule has 0 aliphatic carbocycles. The van der Waals surface area contributed by atoms with Crippen LogP contribution in [-0.4, -0.2) is 31.0 Å². The maximum Gasteiger partial charge on any atom is 0.420 e. The van der Waals surface area contributed by atoms with Crippen LogP contribution in [0, 0.1) is 3.57 Å². The summed E-state index contributed by atoms with van der Waals surface area (Å²) in [6.45, 7) is 9.71. The van der Waals surface area contributed by atoms with E-state index >= 15 is 0 Å². The fraction of sp³-hybridized carbons (Fsp3) is 0.389. The molecule has 0 spiro atoms. The zero-order valence-electron chi connectivity index (χ0n) is 14.9. The lowest BCUT2D eigenvalue weighted by atomic mass is 10.1. The molecule has 0 N–H and O–H groups in total. The van der Waals surface area contributed by atoms with Crippen molar-refractivity contribution in [2.45, 2.75) is 46.3 Å². The highest BCUT2D eigenvalue weighted by Gasteiger charge is 2.21. The fourth-order valence-electron chi connectivity index (χ4n) is 2.45. The van der Waals surface area contributed by atoms with Crippen LogP contribution in [0.4, 0.5) is 4.79 Å². The number of nitrogens with zero attached hydrogens (tertiary/aromatic N) is 4. The third-order valence-electron chi connectivity index (χ3n) is 3.65. The minimum absolute atomic E-state index is 0.304. The predicted octanol–water partition coefficient (Wildman–Crippen LogP) is 4.87. The fourth-order valence-corrected chi connectivity index (χ4v) is 3.12. The molecule has 0 fully saturated rings. The van der Waals surface area contributed by atoms with Crippen LogP contribution in [0.15, 0.2) is 30.9 Å². The minimum atomic E-state index is -0.551. The molecule has 3 heterocycles. The molecule has 0 saturated heterocycles. The van der Waals surface area contributed by atoms with Crippen LogP contribution in [0.5, 0.6) is 0 Å². The minimum Gasteiger partial charge on any atom is -0.443 e. The molecule has 0 bridgehead atoms. The smallest absolute Gasteiger partial charge is 0.420 e. The van der Waals surface area contributed by atoms with E-state index in [1.807, 2.05) is 43.9 Å². The lowest BCUT2D eigenvalue weighted by Gasteiger charge is -2.19. The van der Waals surface area contributed by atoms with Gasteiger partial charge in [-0.3, -0.25) is 4.68 Å². The molecule has 132 valence electrons. The Morgan fingerprint density at radius 2 is 1.92 bits per heavy atom. The second-order valence-corrected chi connectivity index (χ2v) is 8.39. The van der Waals surface area contributed by atoms with Crippen LogP contribution >= 0.6 is 22.6 Å². The normalized spacial score (nSPS) is 12.1. The lowest BCUT2D eigenvalue weighted by Crippen LogP contribution is -2.26. The van der Waals surface area contributed by atoms with Gasteiger partial charge in [-0.15, -0.1) is 0 Å². The van der Waals surface area contributed by atoms with Crippen LogP contribution in [0.2, 0.25) is 0 Å². The third kappa shape index (κ3) is 3.70. The number of halogens is 1. The molecule has 3 aromatic rings. The molecule has 6 nitrogen and oxygen atoms in total. The Labute approximate surface area is 160 Å². The summed E-state index contributed by atoms with van der Waals surface area (Å²) in [6.07, 6.45) is 6.94. The summed E-state index contributed by atoms with van der Waals surface area (Å²) >= 11 is 2.21. The van der Waals surface area contributed by atoms with Crippen molar-refractivity contribution in [1.29, 1.82) is 0 Å². The third-order valence-corrected chi connectivity index (χ3v) is 4.51. The van der Waals surface area contributed by atoms with Gasteiger partial charge in [0.2, 0.25) is 0 Å². The van der Waals surface area contributed by atoms with Crippen LogP contribution in [0.3, 0.4) is 0 Å². The molecule has 0 aliphatic heterocycles. The van der Waals surface area contributed by atoms with Gasteiger partial charge in [0.25, 0.3) is 0 Å². The first-order valence-electron chi connectivity index (χ1n) is 8.10. The Balaban J connectivity index is 2.01. The standard InChI is InChI=1S/C18H21IN4O2/c1-11(2)23-9-13(8-21-23)12-6-14-15(19)10-22(16(14)20-7-12)17(24)25-18(3,4)5/h6-11H,1-5H3. The van der Waals surface area contributed by atoms with Gasteiger partial charge < -0.3 is 4.74 Å². The number of aromatic nitrogens is 4. The summed E-state index contributed by atoms with van der Waals surface area (Å²) in [5.41, 5.74) is 2.02. The number of hydrogen-bond acceptors (Lipinski definition) is 4. The number of ether oxygens (including phenoxy) is 1. The Morgan fingerprint density at radius 3 is 2.52 bits per heavy atom. The van der Waals surface area contributed by atoms with Gasteiger partial charge in [0.15, 0.2) is 5.65 Å². The molecular weight excluding hydrogens is 431 g/mol. The number of carbonyl (C=O) groups is 1. The van der Waals surface area contributed by atoms with E-state index in [1.54, 1.807) is 12.4 Å². The monoisotopic (exact) mass is 452 g/mol. The van der Waals surface area contributed by atoms with Crippen molar-refractivity contribution in [3.63, 3.8) is 0 Å². The molecule has 25 heavy (non-hydrogen) atoms. The Morgan fingerprint density at radius 1 is 1.20 bits per heavy atom. The summed E-state index contributed by atoms with van der Waals surface area (Å²) in [6, 6.07) is 2.34. The number of carbonyl (C=O) groups excluding carboxylic acids is 1. The van der Waals surface area contributed by atoms with E-state index < -0.39 is 11.7 Å². The van der Waals surface area contributed by atoms with E-state index in [9.17, 15) is 4.79 Å². The van der Waals surface area contributed by atoms with Crippen molar-refractivity contribution in [3.05, 3.63) is 34.4 Å². The maximum atomic E-state index is 12.4. The van der Waals surface area contributed by atoms with Crippen molar-refractivity contribution in [2.24, 2.45) is 0 Å². The second-order valence-electron chi connectivity index (χ2n) is 7.23. The van der Waals surface area contributed by atoms with Crippen LogP contribution in [0.25, 0.3) is 22.2 Å². The zero-order chi connectivity index (χ0) is 18.4. The first-order valence-corrected chi connectivity index (χ1v) is 9.18. The van der Waals surface area contributed by atoms with Gasteiger partial charge in [0.1, 0.15) is 5.60 Å². The highest BCUT2D eigenvalue weighted by Crippen LogP contribution is 2.28. The van der Waals surface area contributed by atoms with E-state index in [4.69, 9.17) is 4.74 Å². The molecule has 0 atom stereocenters. The number of hydrogen-bond donors (Lipinski definition) is 0. The van der Waals surface area contributed by atoms with Crippen molar-refractivity contribution >= 4 is 39.7 Å². The molecular formula is C18H21IN4O2. The van der Waals surface area contributed by atoms with Gasteiger partial charge in [-0.1, -0.05) is 0 Å².